The number of ether oxygens (including phenoxy) is 1. The van der Waals surface area contributed by atoms with Gasteiger partial charge in [0.05, 0.1) is 17.0 Å². The van der Waals surface area contributed by atoms with Crippen LogP contribution < -0.4 is 4.74 Å². The van der Waals surface area contributed by atoms with E-state index in [1.165, 1.54) is 24.3 Å². The molecule has 2 unspecified atom stereocenters. The summed E-state index contributed by atoms with van der Waals surface area (Å²) in [7, 11) is 0. The van der Waals surface area contributed by atoms with Crippen LogP contribution >= 0.6 is 23.2 Å². The van der Waals surface area contributed by atoms with Crippen LogP contribution in [0.1, 0.15) is 23.6 Å². The molecule has 0 heterocycles. The van der Waals surface area contributed by atoms with E-state index in [2.05, 4.69) is 5.18 Å². The summed E-state index contributed by atoms with van der Waals surface area (Å²) in [5.74, 6) is -0.0636. The van der Waals surface area contributed by atoms with Gasteiger partial charge in [-0.25, -0.2) is 0 Å². The maximum atomic E-state index is 12.7. The zero-order valence-corrected chi connectivity index (χ0v) is 15.7. The summed E-state index contributed by atoms with van der Waals surface area (Å²) in [5, 5.41) is 12.6. The van der Waals surface area contributed by atoms with Crippen LogP contribution in [0.15, 0.2) is 47.6 Å². The Balaban J connectivity index is 2.32. The third kappa shape index (κ3) is 5.88. The molecule has 0 aromatic heterocycles. The molecule has 0 bridgehead atoms. The molecule has 2 aromatic rings. The van der Waals surface area contributed by atoms with Crippen molar-refractivity contribution < 1.29 is 27.6 Å². The van der Waals surface area contributed by atoms with Gasteiger partial charge in [0, 0.05) is 4.92 Å². The molecule has 12 heteroatoms. The van der Waals surface area contributed by atoms with Gasteiger partial charge in [-0.05, 0) is 47.5 Å². The summed E-state index contributed by atoms with van der Waals surface area (Å²) in [6.07, 6.45) is -5.30. The van der Waals surface area contributed by atoms with Gasteiger partial charge in [-0.15, -0.1) is 4.91 Å². The van der Waals surface area contributed by atoms with E-state index in [0.29, 0.717) is 6.07 Å². The van der Waals surface area contributed by atoms with Crippen LogP contribution in [0.2, 0.25) is 5.02 Å². The van der Waals surface area contributed by atoms with Gasteiger partial charge < -0.3 is 4.74 Å². The van der Waals surface area contributed by atoms with Crippen molar-refractivity contribution in [2.75, 3.05) is 0 Å². The number of nitro groups is 1. The maximum Gasteiger partial charge on any atom is 0.416 e. The number of nitroso groups, excluding NO2 is 1. The summed E-state index contributed by atoms with van der Waals surface area (Å²) in [4.78, 5) is 32.6. The number of hydrogen-bond donors (Lipinski definition) is 0. The molecule has 154 valence electrons. The Morgan fingerprint density at radius 2 is 1.93 bits per heavy atom. The molecule has 0 aliphatic carbocycles. The highest BCUT2D eigenvalue weighted by Crippen LogP contribution is 2.37. The Hall–Kier alpha value is -2.72. The van der Waals surface area contributed by atoms with Gasteiger partial charge in [-0.3, -0.25) is 14.9 Å². The minimum absolute atomic E-state index is 0.0390. The molecule has 0 fully saturated rings. The van der Waals surface area contributed by atoms with Gasteiger partial charge in [0.1, 0.15) is 11.5 Å². The summed E-state index contributed by atoms with van der Waals surface area (Å²) >= 11 is 11.0. The van der Waals surface area contributed by atoms with Gasteiger partial charge in [0.25, 0.3) is 6.04 Å². The average Bonchev–Trinajstić information content (AvgIpc) is 2.62. The Labute approximate surface area is 171 Å². The molecule has 7 nitrogen and oxygen atoms in total. The Bertz CT molecular complexity index is 940. The van der Waals surface area contributed by atoms with E-state index in [4.69, 9.17) is 27.9 Å². The predicted molar refractivity (Wildman–Crippen MR) is 97.8 cm³/mol. The van der Waals surface area contributed by atoms with Gasteiger partial charge >= 0.3 is 6.18 Å². The fraction of sp³-hybridized carbons (Fsp3) is 0.235. The van der Waals surface area contributed by atoms with Crippen molar-refractivity contribution in [1.29, 1.82) is 0 Å². The highest BCUT2D eigenvalue weighted by molar-refractivity contribution is 6.63. The fourth-order valence-corrected chi connectivity index (χ4v) is 2.85. The standard InChI is InChI=1S/C17H11Cl2F3N2O5/c18-12-7-10(17(20,21)22)4-5-14(12)29-11-3-1-2-9(6-11)16(23-26)13(24(27)28)8-15(19)25/h1-7,13,16H,8H2. The van der Waals surface area contributed by atoms with Crippen molar-refractivity contribution in [1.82, 2.24) is 0 Å². The van der Waals surface area contributed by atoms with Gasteiger partial charge in [-0.1, -0.05) is 28.9 Å². The molecule has 2 aromatic carbocycles. The van der Waals surface area contributed by atoms with Crippen LogP contribution in [0.25, 0.3) is 0 Å². The lowest BCUT2D eigenvalue weighted by atomic mass is 9.98. The van der Waals surface area contributed by atoms with Gasteiger partial charge in [0.15, 0.2) is 6.04 Å². The van der Waals surface area contributed by atoms with Crippen molar-refractivity contribution in [3.05, 3.63) is 73.6 Å². The first kappa shape index (κ1) is 22.6. The lowest BCUT2D eigenvalue weighted by molar-refractivity contribution is -0.525. The minimum Gasteiger partial charge on any atom is -0.456 e. The number of alkyl halides is 3. The molecule has 0 saturated heterocycles. The normalized spacial score (nSPS) is 13.4. The van der Waals surface area contributed by atoms with Crippen molar-refractivity contribution in [2.24, 2.45) is 5.18 Å². The molecule has 0 spiro atoms. The first-order chi connectivity index (χ1) is 13.5. The van der Waals surface area contributed by atoms with Crippen LogP contribution in [0, 0.1) is 15.0 Å². The van der Waals surface area contributed by atoms with E-state index in [0.717, 1.165) is 12.1 Å². The lowest BCUT2D eigenvalue weighted by Crippen LogP contribution is -2.28. The first-order valence-electron chi connectivity index (χ1n) is 7.81. The van der Waals surface area contributed by atoms with Gasteiger partial charge in [0.2, 0.25) is 5.24 Å². The Kier molecular flexibility index (Phi) is 7.15. The van der Waals surface area contributed by atoms with E-state index < -0.39 is 40.4 Å². The topological polar surface area (TPSA) is 98.9 Å². The Morgan fingerprint density at radius 1 is 1.24 bits per heavy atom. The average molecular weight is 451 g/mol. The molecule has 0 amide bonds. The number of rotatable bonds is 8. The van der Waals surface area contributed by atoms with Crippen LogP contribution in [0.3, 0.4) is 0 Å². The highest BCUT2D eigenvalue weighted by atomic mass is 35.5. The predicted octanol–water partition coefficient (Wildman–Crippen LogP) is 5.76. The first-order valence-corrected chi connectivity index (χ1v) is 8.57. The summed E-state index contributed by atoms with van der Waals surface area (Å²) < 4.78 is 43.6. The third-order valence-electron chi connectivity index (χ3n) is 3.81. The van der Waals surface area contributed by atoms with Crippen LogP contribution in [-0.2, 0) is 11.0 Å². The number of carbonyl (C=O) groups is 1. The number of nitrogens with zero attached hydrogens (tertiary/aromatic N) is 2. The second-order valence-electron chi connectivity index (χ2n) is 5.78. The molecule has 0 aliphatic heterocycles. The van der Waals surface area contributed by atoms with E-state index in [-0.39, 0.29) is 22.1 Å². The highest BCUT2D eigenvalue weighted by Gasteiger charge is 2.36. The van der Waals surface area contributed by atoms with E-state index in [9.17, 15) is 33.0 Å². The second kappa shape index (κ2) is 9.19. The molecule has 2 atom stereocenters. The third-order valence-corrected chi connectivity index (χ3v) is 4.25. The molecular formula is C17H11Cl2F3N2O5. The smallest absolute Gasteiger partial charge is 0.416 e. The summed E-state index contributed by atoms with van der Waals surface area (Å²) in [6, 6.07) is 4.60. The maximum absolute atomic E-state index is 12.7. The fourth-order valence-electron chi connectivity index (χ4n) is 2.47. The van der Waals surface area contributed by atoms with Crippen molar-refractivity contribution in [3.8, 4) is 11.5 Å². The number of carbonyl (C=O) groups excluding carboxylic acids is 1. The minimum atomic E-state index is -4.58. The molecule has 0 radical (unpaired) electrons. The molecular weight excluding hydrogens is 440 g/mol. The molecule has 0 saturated carbocycles. The Morgan fingerprint density at radius 3 is 2.45 bits per heavy atom. The van der Waals surface area contributed by atoms with E-state index >= 15 is 0 Å². The van der Waals surface area contributed by atoms with Crippen molar-refractivity contribution in [2.45, 2.75) is 24.7 Å². The van der Waals surface area contributed by atoms with E-state index in [1.807, 2.05) is 0 Å². The number of hydrogen-bond acceptors (Lipinski definition) is 6. The molecule has 0 aliphatic rings. The van der Waals surface area contributed by atoms with Crippen LogP contribution in [0.5, 0.6) is 11.5 Å². The van der Waals surface area contributed by atoms with E-state index in [1.54, 1.807) is 0 Å². The quantitative estimate of drug-likeness (QED) is 0.220. The van der Waals surface area contributed by atoms with Crippen molar-refractivity contribution in [3.63, 3.8) is 0 Å². The van der Waals surface area contributed by atoms with Crippen LogP contribution in [-0.4, -0.2) is 16.2 Å². The summed E-state index contributed by atoms with van der Waals surface area (Å²) in [6.45, 7) is 0. The van der Waals surface area contributed by atoms with Crippen molar-refractivity contribution >= 4 is 28.4 Å². The number of halogens is 5. The largest absolute Gasteiger partial charge is 0.456 e. The SMILES string of the molecule is O=NC(c1cccc(Oc2ccc(C(F)(F)F)cc2Cl)c1)C(CC(=O)Cl)[N+](=O)[O-]. The number of benzene rings is 2. The second-order valence-corrected chi connectivity index (χ2v) is 6.61. The van der Waals surface area contributed by atoms with Crippen LogP contribution in [0.4, 0.5) is 13.2 Å². The zero-order valence-electron chi connectivity index (χ0n) is 14.2. The van der Waals surface area contributed by atoms with Gasteiger partial charge in [-0.2, -0.15) is 13.2 Å². The monoisotopic (exact) mass is 450 g/mol. The molecule has 29 heavy (non-hydrogen) atoms. The molecule has 0 N–H and O–H groups in total. The summed E-state index contributed by atoms with van der Waals surface area (Å²) in [5.41, 5.74) is -0.909. The zero-order chi connectivity index (χ0) is 21.8. The lowest BCUT2D eigenvalue weighted by Gasteiger charge is -2.15. The molecule has 2 rings (SSSR count).